The molecule has 0 amide bonds. The molecule has 0 saturated heterocycles. The van der Waals surface area contributed by atoms with Gasteiger partial charge >= 0.3 is 0 Å². The minimum atomic E-state index is -0.476. The van der Waals surface area contributed by atoms with Crippen LogP contribution < -0.4 is 15.8 Å². The summed E-state index contributed by atoms with van der Waals surface area (Å²) in [7, 11) is 1.40. The van der Waals surface area contributed by atoms with Crippen molar-refractivity contribution in [1.82, 2.24) is 9.97 Å². The Hall–Kier alpha value is -2.08. The van der Waals surface area contributed by atoms with Crippen LogP contribution in [0.25, 0.3) is 0 Å². The summed E-state index contributed by atoms with van der Waals surface area (Å²) >= 11 is 5.73. The minimum Gasteiger partial charge on any atom is -0.494 e. The lowest BCUT2D eigenvalue weighted by molar-refractivity contribution is 0.386. The zero-order valence-electron chi connectivity index (χ0n) is 9.45. The first-order valence-corrected chi connectivity index (χ1v) is 5.37. The van der Waals surface area contributed by atoms with E-state index in [0.717, 1.165) is 0 Å². The number of nitrogens with two attached hydrogens (primary N) is 1. The highest BCUT2D eigenvalue weighted by Crippen LogP contribution is 2.23. The van der Waals surface area contributed by atoms with E-state index in [1.165, 1.54) is 25.3 Å². The second kappa shape index (κ2) is 5.05. The van der Waals surface area contributed by atoms with E-state index in [1.807, 2.05) is 0 Å². The van der Waals surface area contributed by atoms with E-state index in [2.05, 4.69) is 15.3 Å². The summed E-state index contributed by atoms with van der Waals surface area (Å²) in [6, 6.07) is 5.92. The Morgan fingerprint density at radius 2 is 2.11 bits per heavy atom. The van der Waals surface area contributed by atoms with Crippen molar-refractivity contribution in [3.8, 4) is 5.75 Å². The molecule has 1 heterocycles. The van der Waals surface area contributed by atoms with Gasteiger partial charge in [-0.05, 0) is 12.1 Å². The molecule has 1 aromatic heterocycles. The molecule has 0 atom stereocenters. The van der Waals surface area contributed by atoms with Gasteiger partial charge in [0.25, 0.3) is 0 Å². The van der Waals surface area contributed by atoms with Gasteiger partial charge in [-0.25, -0.2) is 9.37 Å². The molecule has 2 rings (SSSR count). The van der Waals surface area contributed by atoms with Crippen molar-refractivity contribution in [2.24, 2.45) is 0 Å². The van der Waals surface area contributed by atoms with E-state index in [4.69, 9.17) is 22.1 Å². The molecule has 7 heteroatoms. The number of nitrogens with one attached hydrogen (secondary N) is 1. The van der Waals surface area contributed by atoms with Crippen LogP contribution in [0.4, 0.5) is 21.8 Å². The van der Waals surface area contributed by atoms with Crippen molar-refractivity contribution in [2.75, 3.05) is 18.2 Å². The lowest BCUT2D eigenvalue weighted by Crippen LogP contribution is -2.00. The van der Waals surface area contributed by atoms with Crippen LogP contribution in [0.2, 0.25) is 5.15 Å². The summed E-state index contributed by atoms with van der Waals surface area (Å²) in [5.74, 6) is 0.118. The van der Waals surface area contributed by atoms with Crippen LogP contribution in [0.5, 0.6) is 5.75 Å². The Kier molecular flexibility index (Phi) is 3.47. The number of hydrogen-bond donors (Lipinski definition) is 2. The Balaban J connectivity index is 2.25. The first-order chi connectivity index (χ1) is 8.58. The van der Waals surface area contributed by atoms with Crippen LogP contribution in [0.15, 0.2) is 24.3 Å². The Labute approximate surface area is 108 Å². The highest BCUT2D eigenvalue weighted by molar-refractivity contribution is 6.29. The number of nitrogen functional groups attached to an aromatic ring is 1. The van der Waals surface area contributed by atoms with Crippen LogP contribution >= 0.6 is 11.6 Å². The second-order valence-corrected chi connectivity index (χ2v) is 3.80. The van der Waals surface area contributed by atoms with Gasteiger partial charge in [-0.15, -0.1) is 0 Å². The molecule has 0 saturated carbocycles. The number of halogens is 2. The molecule has 3 N–H and O–H groups in total. The number of rotatable bonds is 3. The highest BCUT2D eigenvalue weighted by Gasteiger charge is 2.05. The van der Waals surface area contributed by atoms with Crippen LogP contribution in [0, 0.1) is 5.82 Å². The van der Waals surface area contributed by atoms with Gasteiger partial charge in [0.15, 0.2) is 11.6 Å². The first-order valence-electron chi connectivity index (χ1n) is 4.99. The van der Waals surface area contributed by atoms with Crippen molar-refractivity contribution < 1.29 is 9.13 Å². The van der Waals surface area contributed by atoms with Crippen molar-refractivity contribution >= 4 is 29.1 Å². The van der Waals surface area contributed by atoms with Gasteiger partial charge < -0.3 is 15.8 Å². The van der Waals surface area contributed by atoms with Crippen LogP contribution in [-0.4, -0.2) is 17.1 Å². The molecule has 2 aromatic rings. The molecule has 0 radical (unpaired) electrons. The number of benzene rings is 1. The molecule has 94 valence electrons. The number of nitrogens with zero attached hydrogens (tertiary/aromatic N) is 2. The van der Waals surface area contributed by atoms with E-state index in [9.17, 15) is 4.39 Å². The van der Waals surface area contributed by atoms with Crippen molar-refractivity contribution in [2.45, 2.75) is 0 Å². The normalized spacial score (nSPS) is 10.2. The zero-order chi connectivity index (χ0) is 13.1. The van der Waals surface area contributed by atoms with Gasteiger partial charge in [0.2, 0.25) is 5.95 Å². The lowest BCUT2D eigenvalue weighted by Gasteiger charge is -2.08. The summed E-state index contributed by atoms with van der Waals surface area (Å²) in [4.78, 5) is 7.64. The van der Waals surface area contributed by atoms with Gasteiger partial charge in [0.1, 0.15) is 11.0 Å². The van der Waals surface area contributed by atoms with Gasteiger partial charge in [-0.3, -0.25) is 0 Å². The third kappa shape index (κ3) is 2.78. The minimum absolute atomic E-state index is 0.0407. The van der Waals surface area contributed by atoms with Gasteiger partial charge in [0.05, 0.1) is 7.11 Å². The van der Waals surface area contributed by atoms with E-state index in [1.54, 1.807) is 6.07 Å². The topological polar surface area (TPSA) is 73.1 Å². The fourth-order valence-electron chi connectivity index (χ4n) is 1.39. The summed E-state index contributed by atoms with van der Waals surface area (Å²) in [5, 5.41) is 3.07. The average Bonchev–Trinajstić information content (AvgIpc) is 2.27. The molecule has 0 spiro atoms. The maximum atomic E-state index is 13.5. The Morgan fingerprint density at radius 3 is 2.72 bits per heavy atom. The molecule has 0 fully saturated rings. The molecule has 0 aliphatic carbocycles. The highest BCUT2D eigenvalue weighted by atomic mass is 35.5. The van der Waals surface area contributed by atoms with Crippen LogP contribution in [0.3, 0.4) is 0 Å². The van der Waals surface area contributed by atoms with Gasteiger partial charge in [0, 0.05) is 17.8 Å². The molecule has 0 bridgehead atoms. The number of aromatic nitrogens is 2. The van der Waals surface area contributed by atoms with Gasteiger partial charge in [-0.2, -0.15) is 4.98 Å². The summed E-state index contributed by atoms with van der Waals surface area (Å²) in [6.45, 7) is 0. The second-order valence-electron chi connectivity index (χ2n) is 3.41. The molecular formula is C11H10ClFN4O. The molecular weight excluding hydrogens is 259 g/mol. The van der Waals surface area contributed by atoms with E-state index in [0.29, 0.717) is 11.5 Å². The molecule has 18 heavy (non-hydrogen) atoms. The third-order valence-electron chi connectivity index (χ3n) is 2.14. The fourth-order valence-corrected chi connectivity index (χ4v) is 1.58. The molecule has 0 aliphatic rings. The SMILES string of the molecule is COc1ccc(Nc2cc(Cl)nc(N)n2)cc1F. The van der Waals surface area contributed by atoms with Crippen LogP contribution in [-0.2, 0) is 0 Å². The number of hydrogen-bond acceptors (Lipinski definition) is 5. The summed E-state index contributed by atoms with van der Waals surface area (Å²) in [5.41, 5.74) is 5.95. The lowest BCUT2D eigenvalue weighted by atomic mass is 10.3. The summed E-state index contributed by atoms with van der Waals surface area (Å²) in [6.07, 6.45) is 0. The molecule has 0 unspecified atom stereocenters. The van der Waals surface area contributed by atoms with E-state index < -0.39 is 5.82 Å². The monoisotopic (exact) mass is 268 g/mol. The van der Waals surface area contributed by atoms with Crippen LogP contribution in [0.1, 0.15) is 0 Å². The Bertz CT molecular complexity index is 559. The zero-order valence-corrected chi connectivity index (χ0v) is 10.2. The fraction of sp³-hybridized carbons (Fsp3) is 0.0909. The smallest absolute Gasteiger partial charge is 0.223 e. The van der Waals surface area contributed by atoms with Crippen molar-refractivity contribution in [3.05, 3.63) is 35.2 Å². The first kappa shape index (κ1) is 12.4. The van der Waals surface area contributed by atoms with Crippen molar-refractivity contribution in [1.29, 1.82) is 0 Å². The Morgan fingerprint density at radius 1 is 1.33 bits per heavy atom. The van der Waals surface area contributed by atoms with Gasteiger partial charge in [-0.1, -0.05) is 11.6 Å². The largest absolute Gasteiger partial charge is 0.494 e. The van der Waals surface area contributed by atoms with E-state index in [-0.39, 0.29) is 16.9 Å². The standard InChI is InChI=1S/C11H10ClFN4O/c1-18-8-3-2-6(4-7(8)13)15-10-5-9(12)16-11(14)17-10/h2-5H,1H3,(H3,14,15,16,17). The number of methoxy groups -OCH3 is 1. The predicted octanol–water partition coefficient (Wildman–Crippen LogP) is 2.60. The maximum absolute atomic E-state index is 13.5. The maximum Gasteiger partial charge on any atom is 0.223 e. The third-order valence-corrected chi connectivity index (χ3v) is 2.33. The average molecular weight is 269 g/mol. The number of anilines is 3. The summed E-state index contributed by atoms with van der Waals surface area (Å²) < 4.78 is 18.3. The molecule has 5 nitrogen and oxygen atoms in total. The van der Waals surface area contributed by atoms with E-state index >= 15 is 0 Å². The number of ether oxygens (including phenoxy) is 1. The quantitative estimate of drug-likeness (QED) is 0.837. The predicted molar refractivity (Wildman–Crippen MR) is 67.7 cm³/mol. The van der Waals surface area contributed by atoms with Crippen molar-refractivity contribution in [3.63, 3.8) is 0 Å². The molecule has 0 aliphatic heterocycles. The molecule has 1 aromatic carbocycles.